The number of carbonyl (C=O) groups is 1. The van der Waals surface area contributed by atoms with Gasteiger partial charge in [0.05, 0.1) is 18.1 Å². The van der Waals surface area contributed by atoms with Gasteiger partial charge < -0.3 is 9.29 Å². The average molecular weight is 464 g/mol. The standard InChI is InChI=1S/C18H30BrN3O4S/c1-12(21-27(25)18(5,6)7)8-9-13-15(19)16(24)22(11-20-13)10-14(23)26-17(2,3)4/h11-12,21H,8-10H2,1-7H3/t12-,27?/m1/s1. The van der Waals surface area contributed by atoms with Crippen LogP contribution in [0.5, 0.6) is 0 Å². The highest BCUT2D eigenvalue weighted by Crippen LogP contribution is 2.16. The molecule has 0 aliphatic heterocycles. The normalized spacial score (nSPS) is 14.7. The molecule has 0 aliphatic rings. The zero-order valence-electron chi connectivity index (χ0n) is 17.1. The first-order chi connectivity index (χ1) is 12.2. The van der Waals surface area contributed by atoms with Crippen molar-refractivity contribution in [2.24, 2.45) is 0 Å². The first kappa shape index (κ1) is 24.1. The number of hydrogen-bond donors (Lipinski definition) is 1. The summed E-state index contributed by atoms with van der Waals surface area (Å²) in [4.78, 5) is 28.7. The predicted octanol–water partition coefficient (Wildman–Crippen LogP) is 2.72. The second kappa shape index (κ2) is 9.54. The Hall–Kier alpha value is -0.900. The molecule has 0 aliphatic carbocycles. The minimum Gasteiger partial charge on any atom is -0.598 e. The van der Waals surface area contributed by atoms with Crippen molar-refractivity contribution >= 4 is 33.3 Å². The van der Waals surface area contributed by atoms with Gasteiger partial charge in [-0.2, -0.15) is 0 Å². The topological polar surface area (TPSA) is 96.3 Å². The summed E-state index contributed by atoms with van der Waals surface area (Å²) in [6, 6.07) is 0.00273. The predicted molar refractivity (Wildman–Crippen MR) is 111 cm³/mol. The Morgan fingerprint density at radius 1 is 1.37 bits per heavy atom. The monoisotopic (exact) mass is 463 g/mol. The summed E-state index contributed by atoms with van der Waals surface area (Å²) >= 11 is 2.13. The molecule has 1 unspecified atom stereocenters. The van der Waals surface area contributed by atoms with Crippen molar-refractivity contribution in [2.45, 2.75) is 84.2 Å². The highest BCUT2D eigenvalue weighted by Gasteiger charge is 2.28. The van der Waals surface area contributed by atoms with Crippen LogP contribution in [0.2, 0.25) is 0 Å². The quantitative estimate of drug-likeness (QED) is 0.493. The van der Waals surface area contributed by atoms with Gasteiger partial charge in [0.25, 0.3) is 5.56 Å². The zero-order valence-corrected chi connectivity index (χ0v) is 19.5. The lowest BCUT2D eigenvalue weighted by molar-refractivity contribution is -0.155. The molecule has 1 aromatic rings. The number of aromatic nitrogens is 2. The van der Waals surface area contributed by atoms with Crippen molar-refractivity contribution in [1.82, 2.24) is 14.3 Å². The molecular formula is C18H30BrN3O4S. The molecule has 1 aromatic heterocycles. The first-order valence-corrected chi connectivity index (χ1v) is 10.8. The van der Waals surface area contributed by atoms with E-state index in [9.17, 15) is 14.1 Å². The third-order valence-electron chi connectivity index (χ3n) is 3.45. The Kier molecular flexibility index (Phi) is 8.53. The number of nitrogens with one attached hydrogen (secondary N) is 1. The molecule has 0 radical (unpaired) electrons. The van der Waals surface area contributed by atoms with Crippen LogP contribution in [0.4, 0.5) is 0 Å². The number of halogens is 1. The lowest BCUT2D eigenvalue weighted by Crippen LogP contribution is -2.43. The number of carbonyl (C=O) groups excluding carboxylic acids is 1. The van der Waals surface area contributed by atoms with Gasteiger partial charge in [-0.25, -0.2) is 4.98 Å². The van der Waals surface area contributed by atoms with Crippen LogP contribution >= 0.6 is 15.9 Å². The van der Waals surface area contributed by atoms with Crippen molar-refractivity contribution in [1.29, 1.82) is 0 Å². The largest absolute Gasteiger partial charge is 0.598 e. The lowest BCUT2D eigenvalue weighted by atomic mass is 10.1. The smallest absolute Gasteiger partial charge is 0.326 e. The Labute approximate surface area is 172 Å². The molecule has 2 atom stereocenters. The molecule has 1 heterocycles. The van der Waals surface area contributed by atoms with Gasteiger partial charge in [0.15, 0.2) is 0 Å². The molecule has 0 amide bonds. The maximum Gasteiger partial charge on any atom is 0.326 e. The van der Waals surface area contributed by atoms with Crippen LogP contribution in [0.25, 0.3) is 0 Å². The molecule has 0 fully saturated rings. The van der Waals surface area contributed by atoms with Crippen LogP contribution in [0.15, 0.2) is 15.6 Å². The van der Waals surface area contributed by atoms with Crippen LogP contribution < -0.4 is 10.3 Å². The number of nitrogens with zero attached hydrogens (tertiary/aromatic N) is 2. The molecule has 1 rings (SSSR count). The summed E-state index contributed by atoms with van der Waals surface area (Å²) in [6.07, 6.45) is 2.57. The molecule has 0 saturated carbocycles. The van der Waals surface area contributed by atoms with E-state index in [1.165, 1.54) is 10.9 Å². The van der Waals surface area contributed by atoms with E-state index in [0.29, 0.717) is 23.0 Å². The van der Waals surface area contributed by atoms with Gasteiger partial charge in [0.2, 0.25) is 0 Å². The summed E-state index contributed by atoms with van der Waals surface area (Å²) < 4.78 is 21.6. The lowest BCUT2D eigenvalue weighted by Gasteiger charge is -2.26. The van der Waals surface area contributed by atoms with E-state index in [2.05, 4.69) is 25.6 Å². The molecule has 0 saturated heterocycles. The van der Waals surface area contributed by atoms with E-state index < -0.39 is 22.9 Å². The second-order valence-corrected chi connectivity index (χ2v) is 11.3. The fourth-order valence-corrected chi connectivity index (χ4v) is 3.43. The number of rotatable bonds is 7. The maximum atomic E-state index is 12.4. The average Bonchev–Trinajstić information content (AvgIpc) is 2.48. The number of aryl methyl sites for hydroxylation is 1. The van der Waals surface area contributed by atoms with E-state index in [1.807, 2.05) is 27.7 Å². The number of hydrogen-bond acceptors (Lipinski definition) is 6. The Balaban J connectivity index is 2.73. The van der Waals surface area contributed by atoms with Gasteiger partial charge in [-0.05, 0) is 77.2 Å². The van der Waals surface area contributed by atoms with Crippen molar-refractivity contribution in [3.8, 4) is 0 Å². The summed E-state index contributed by atoms with van der Waals surface area (Å²) in [5.74, 6) is -0.492. The fraction of sp³-hybridized carbons (Fsp3) is 0.722. The molecule has 0 bridgehead atoms. The van der Waals surface area contributed by atoms with E-state index in [-0.39, 0.29) is 22.9 Å². The van der Waals surface area contributed by atoms with Crippen molar-refractivity contribution in [3.63, 3.8) is 0 Å². The molecular weight excluding hydrogens is 434 g/mol. The molecule has 1 N–H and O–H groups in total. The van der Waals surface area contributed by atoms with E-state index in [0.717, 1.165) is 0 Å². The third-order valence-corrected chi connectivity index (χ3v) is 5.98. The SMILES string of the molecule is C[C@H](CCc1ncn(CC(=O)OC(C)(C)C)c(=O)c1Br)N[S+]([O-])C(C)(C)C. The minimum absolute atomic E-state index is 0.00273. The van der Waals surface area contributed by atoms with Crippen LogP contribution in [0.1, 0.15) is 60.6 Å². The highest BCUT2D eigenvalue weighted by atomic mass is 79.9. The van der Waals surface area contributed by atoms with Crippen LogP contribution in [-0.2, 0) is 33.9 Å². The van der Waals surface area contributed by atoms with Crippen LogP contribution in [-0.4, -0.2) is 36.5 Å². The Bertz CT molecular complexity index is 710. The van der Waals surface area contributed by atoms with E-state index in [4.69, 9.17) is 4.74 Å². The molecule has 0 aromatic carbocycles. The van der Waals surface area contributed by atoms with E-state index >= 15 is 0 Å². The zero-order chi connectivity index (χ0) is 21.0. The van der Waals surface area contributed by atoms with E-state index in [1.54, 1.807) is 20.8 Å². The second-order valence-electron chi connectivity index (χ2n) is 8.46. The van der Waals surface area contributed by atoms with Crippen LogP contribution in [0.3, 0.4) is 0 Å². The van der Waals surface area contributed by atoms with Gasteiger partial charge >= 0.3 is 5.97 Å². The molecule has 27 heavy (non-hydrogen) atoms. The summed E-state index contributed by atoms with van der Waals surface area (Å²) in [7, 11) is 0. The molecule has 7 nitrogen and oxygen atoms in total. The fourth-order valence-electron chi connectivity index (χ4n) is 2.07. The van der Waals surface area contributed by atoms with Gasteiger partial charge in [-0.1, -0.05) is 0 Å². The van der Waals surface area contributed by atoms with Crippen LogP contribution in [0, 0.1) is 0 Å². The van der Waals surface area contributed by atoms with Gasteiger partial charge in [0.1, 0.15) is 21.4 Å². The van der Waals surface area contributed by atoms with Crippen molar-refractivity contribution in [3.05, 3.63) is 26.8 Å². The minimum atomic E-state index is -1.15. The van der Waals surface area contributed by atoms with Crippen molar-refractivity contribution in [2.75, 3.05) is 0 Å². The molecule has 154 valence electrons. The summed E-state index contributed by atoms with van der Waals surface area (Å²) in [6.45, 7) is 12.8. The first-order valence-electron chi connectivity index (χ1n) is 8.84. The number of ether oxygens (including phenoxy) is 1. The third kappa shape index (κ3) is 8.33. The summed E-state index contributed by atoms with van der Waals surface area (Å²) in [5, 5.41) is 0. The highest BCUT2D eigenvalue weighted by molar-refractivity contribution is 9.10. The molecule has 0 spiro atoms. The van der Waals surface area contributed by atoms with Crippen molar-refractivity contribution < 1.29 is 14.1 Å². The Morgan fingerprint density at radius 2 is 1.96 bits per heavy atom. The maximum absolute atomic E-state index is 12.4. The number of esters is 1. The van der Waals surface area contributed by atoms with Gasteiger partial charge in [-0.15, -0.1) is 4.72 Å². The summed E-state index contributed by atoms with van der Waals surface area (Å²) in [5.41, 5.74) is -0.331. The Morgan fingerprint density at radius 3 is 2.48 bits per heavy atom. The molecule has 9 heteroatoms. The van der Waals surface area contributed by atoms with Gasteiger partial charge in [0, 0.05) is 11.4 Å². The van der Waals surface area contributed by atoms with Gasteiger partial charge in [-0.3, -0.25) is 14.2 Å².